The Morgan fingerprint density at radius 1 is 0.837 bits per heavy atom. The molecule has 0 bridgehead atoms. The van der Waals surface area contributed by atoms with Crippen molar-refractivity contribution in [1.82, 2.24) is 26.6 Å². The number of nitrogens with zero attached hydrogens (tertiary/aromatic N) is 1. The van der Waals surface area contributed by atoms with Gasteiger partial charge >= 0.3 is 5.97 Å². The van der Waals surface area contributed by atoms with Gasteiger partial charge in [0.15, 0.2) is 5.96 Å². The van der Waals surface area contributed by atoms with Crippen molar-refractivity contribution in [2.75, 3.05) is 25.4 Å². The van der Waals surface area contributed by atoms with Gasteiger partial charge in [-0.15, -0.1) is 0 Å². The lowest BCUT2D eigenvalue weighted by Gasteiger charge is -2.26. The molecular formula is C24H46N10O8S. The monoisotopic (exact) mass is 634 g/mol. The van der Waals surface area contributed by atoms with Crippen LogP contribution in [0.15, 0.2) is 4.99 Å². The second-order valence-electron chi connectivity index (χ2n) is 9.72. The van der Waals surface area contributed by atoms with Gasteiger partial charge in [-0.25, -0.2) is 0 Å². The number of amides is 5. The number of rotatable bonds is 21. The number of carbonyl (C=O) groups is 6. The van der Waals surface area contributed by atoms with Crippen LogP contribution >= 0.6 is 12.6 Å². The molecule has 0 radical (unpaired) electrons. The highest BCUT2D eigenvalue weighted by Gasteiger charge is 2.32. The van der Waals surface area contributed by atoms with Crippen LogP contribution in [0.1, 0.15) is 46.0 Å². The Balaban J connectivity index is 5.31. The first kappa shape index (κ1) is 39.3. The quantitative estimate of drug-likeness (QED) is 0.0244. The van der Waals surface area contributed by atoms with E-state index in [2.05, 4.69) is 44.2 Å². The Kier molecular flexibility index (Phi) is 19.3. The van der Waals surface area contributed by atoms with Gasteiger partial charge in [-0.3, -0.25) is 33.8 Å². The Hall–Kier alpha value is -3.68. The number of thiol groups is 1. The summed E-state index contributed by atoms with van der Waals surface area (Å²) < 4.78 is 0. The number of hydrogen-bond donors (Lipinski definition) is 12. The maximum absolute atomic E-state index is 13.1. The number of nitrogens with one attached hydrogen (secondary N) is 5. The van der Waals surface area contributed by atoms with Crippen molar-refractivity contribution in [3.05, 3.63) is 0 Å². The van der Waals surface area contributed by atoms with E-state index in [-0.39, 0.29) is 31.1 Å². The number of unbranched alkanes of at least 4 members (excludes halogenated alkanes) is 1. The van der Waals surface area contributed by atoms with E-state index in [0.717, 1.165) is 0 Å². The van der Waals surface area contributed by atoms with Crippen molar-refractivity contribution in [2.45, 2.75) is 82.3 Å². The second-order valence-corrected chi connectivity index (χ2v) is 10.1. The summed E-state index contributed by atoms with van der Waals surface area (Å²) in [6.07, 6.45) is 0.330. The fraction of sp³-hybridized carbons (Fsp3) is 0.708. The topological polar surface area (TPSA) is 319 Å². The maximum atomic E-state index is 13.1. The Morgan fingerprint density at radius 3 is 2.00 bits per heavy atom. The first-order valence-corrected chi connectivity index (χ1v) is 14.3. The minimum atomic E-state index is -1.55. The number of carboxylic acids is 1. The van der Waals surface area contributed by atoms with Gasteiger partial charge in [-0.05, 0) is 52.5 Å². The molecule has 43 heavy (non-hydrogen) atoms. The lowest BCUT2D eigenvalue weighted by molar-refractivity contribution is -0.141. The highest BCUT2D eigenvalue weighted by Crippen LogP contribution is 2.04. The molecule has 18 nitrogen and oxygen atoms in total. The van der Waals surface area contributed by atoms with Crippen molar-refractivity contribution in [3.8, 4) is 0 Å². The third-order valence-electron chi connectivity index (χ3n) is 5.93. The fourth-order valence-corrected chi connectivity index (χ4v) is 3.70. The second kappa shape index (κ2) is 21.1. The van der Waals surface area contributed by atoms with Crippen molar-refractivity contribution in [2.24, 2.45) is 27.9 Å². The van der Waals surface area contributed by atoms with Gasteiger partial charge in [0.2, 0.25) is 29.5 Å². The highest BCUT2D eigenvalue weighted by molar-refractivity contribution is 7.80. The van der Waals surface area contributed by atoms with Crippen molar-refractivity contribution in [1.29, 1.82) is 0 Å². The predicted molar refractivity (Wildman–Crippen MR) is 160 cm³/mol. The summed E-state index contributed by atoms with van der Waals surface area (Å²) >= 11 is 4.00. The molecule has 0 aliphatic carbocycles. The molecule has 0 aliphatic heterocycles. The number of aliphatic imine (C=N–C) groups is 1. The van der Waals surface area contributed by atoms with Crippen LogP contribution in [-0.4, -0.2) is 113 Å². The summed E-state index contributed by atoms with van der Waals surface area (Å²) in [5, 5.41) is 30.9. The third-order valence-corrected chi connectivity index (χ3v) is 6.30. The van der Waals surface area contributed by atoms with E-state index in [9.17, 15) is 33.9 Å². The molecule has 0 saturated heterocycles. The summed E-state index contributed by atoms with van der Waals surface area (Å²) in [5.74, 6) is -5.52. The smallest absolute Gasteiger partial charge is 0.325 e. The zero-order valence-electron chi connectivity index (χ0n) is 24.4. The molecule has 246 valence electrons. The Morgan fingerprint density at radius 2 is 1.47 bits per heavy atom. The van der Waals surface area contributed by atoms with Gasteiger partial charge < -0.3 is 59.7 Å². The number of nitrogens with two attached hydrogens (primary N) is 4. The maximum Gasteiger partial charge on any atom is 0.325 e. The molecule has 5 amide bonds. The normalized spacial score (nSPS) is 14.9. The predicted octanol–water partition coefficient (Wildman–Crippen LogP) is -5.03. The average molecular weight is 635 g/mol. The Bertz CT molecular complexity index is 980. The number of aliphatic carboxylic acids is 1. The molecule has 0 heterocycles. The molecule has 0 fully saturated rings. The molecule has 15 N–H and O–H groups in total. The van der Waals surface area contributed by atoms with Crippen LogP contribution in [0.2, 0.25) is 0 Å². The van der Waals surface area contributed by atoms with Crippen LogP contribution in [0.25, 0.3) is 0 Å². The molecule has 0 rings (SSSR count). The zero-order valence-corrected chi connectivity index (χ0v) is 25.3. The number of guanidine groups is 1. The molecular weight excluding hydrogens is 588 g/mol. The van der Waals surface area contributed by atoms with Crippen LogP contribution in [0, 0.1) is 0 Å². The minimum Gasteiger partial charge on any atom is -0.480 e. The van der Waals surface area contributed by atoms with E-state index in [0.29, 0.717) is 25.8 Å². The molecule has 19 heteroatoms. The van der Waals surface area contributed by atoms with Crippen LogP contribution in [0.5, 0.6) is 0 Å². The number of aliphatic hydroxyl groups excluding tert-OH is 1. The van der Waals surface area contributed by atoms with E-state index < -0.39 is 78.4 Å². The molecule has 6 atom stereocenters. The lowest BCUT2D eigenvalue weighted by atomic mass is 10.1. The average Bonchev–Trinajstić information content (AvgIpc) is 2.94. The third kappa shape index (κ3) is 16.5. The first-order chi connectivity index (χ1) is 20.1. The number of hydrogen-bond acceptors (Lipinski definition) is 11. The summed E-state index contributed by atoms with van der Waals surface area (Å²) in [6.45, 7) is 2.57. The van der Waals surface area contributed by atoms with Crippen LogP contribution in [0.3, 0.4) is 0 Å². The van der Waals surface area contributed by atoms with Gasteiger partial charge in [0, 0.05) is 12.3 Å². The number of carbonyl (C=O) groups excluding carboxylic acids is 5. The van der Waals surface area contributed by atoms with Crippen LogP contribution < -0.4 is 49.5 Å². The van der Waals surface area contributed by atoms with Gasteiger partial charge in [0.05, 0.1) is 18.7 Å². The summed E-state index contributed by atoms with van der Waals surface area (Å²) in [4.78, 5) is 77.9. The molecule has 0 aliphatic rings. The van der Waals surface area contributed by atoms with Crippen molar-refractivity contribution < 1.29 is 39.0 Å². The molecule has 0 aromatic heterocycles. The molecule has 0 aromatic rings. The fourth-order valence-electron chi connectivity index (χ4n) is 3.45. The lowest BCUT2D eigenvalue weighted by Crippen LogP contribution is -2.60. The standard InChI is InChI=1S/C24H46N10O8S/c1-12(23(41)42)31-21(39)16(11-43)33-22(40)18(13(2)35)34-20(38)15(7-3-4-8-25)32-17(36)10-30-19(37)14(26)6-5-9-29-24(27)28/h12-16,18,35,43H,3-11,25-26H2,1-2H3,(H,30,37)(H,31,39)(H,32,36)(H,33,40)(H,34,38)(H,41,42)(H4,27,28,29)/t12-,13+,14-,15-,16-,18-/m0/s1. The highest BCUT2D eigenvalue weighted by atomic mass is 32.1. The van der Waals surface area contributed by atoms with Crippen LogP contribution in [0.4, 0.5) is 0 Å². The summed E-state index contributed by atoms with van der Waals surface area (Å²) in [7, 11) is 0. The van der Waals surface area contributed by atoms with E-state index in [1.807, 2.05) is 0 Å². The van der Waals surface area contributed by atoms with Gasteiger partial charge in [-0.1, -0.05) is 0 Å². The van der Waals surface area contributed by atoms with Gasteiger partial charge in [0.25, 0.3) is 0 Å². The molecule has 0 unspecified atom stereocenters. The van der Waals surface area contributed by atoms with Crippen LogP contribution in [-0.2, 0) is 28.8 Å². The van der Waals surface area contributed by atoms with E-state index >= 15 is 0 Å². The zero-order chi connectivity index (χ0) is 33.1. The first-order valence-electron chi connectivity index (χ1n) is 13.6. The van der Waals surface area contributed by atoms with Gasteiger partial charge in [0.1, 0.15) is 24.2 Å². The molecule has 0 spiro atoms. The number of carboxylic acid groups (broad SMARTS) is 1. The largest absolute Gasteiger partial charge is 0.480 e. The van der Waals surface area contributed by atoms with E-state index in [1.54, 1.807) is 0 Å². The summed E-state index contributed by atoms with van der Waals surface area (Å²) in [6, 6.07) is -6.17. The number of aliphatic hydroxyl groups is 1. The summed E-state index contributed by atoms with van der Waals surface area (Å²) in [5.41, 5.74) is 21.8. The Labute approximate surface area is 255 Å². The van der Waals surface area contributed by atoms with Crippen molar-refractivity contribution >= 4 is 54.1 Å². The van der Waals surface area contributed by atoms with E-state index in [4.69, 9.17) is 28.0 Å². The van der Waals surface area contributed by atoms with E-state index in [1.165, 1.54) is 13.8 Å². The van der Waals surface area contributed by atoms with Gasteiger partial charge in [-0.2, -0.15) is 12.6 Å². The minimum absolute atomic E-state index is 0.0861. The molecule has 0 aromatic carbocycles. The van der Waals surface area contributed by atoms with Crippen molar-refractivity contribution in [3.63, 3.8) is 0 Å². The SMILES string of the molecule is C[C@H](NC(=O)[C@H](CS)NC(=O)[C@@H](NC(=O)[C@H](CCCCN)NC(=O)CNC(=O)[C@@H](N)CCCN=C(N)N)[C@@H](C)O)C(=O)O. The molecule has 0 saturated carbocycles.